The van der Waals surface area contributed by atoms with Crippen molar-refractivity contribution >= 4 is 11.8 Å². The van der Waals surface area contributed by atoms with Gasteiger partial charge in [-0.2, -0.15) is 4.98 Å². The molecule has 2 heterocycles. The molecular formula is C22H21FN4O4. The summed E-state index contributed by atoms with van der Waals surface area (Å²) in [5, 5.41) is 6.70. The molecule has 1 aromatic heterocycles. The SMILES string of the molecule is COc1cccc(C(=O)NCc2nc([C@@H]3CC(=O)N(Cc4ccc(F)cc4)C3)no2)c1. The molecule has 0 bridgehead atoms. The molecule has 0 spiro atoms. The lowest BCUT2D eigenvalue weighted by atomic mass is 10.1. The molecule has 0 aliphatic carbocycles. The van der Waals surface area contributed by atoms with Crippen molar-refractivity contribution in [3.63, 3.8) is 0 Å². The second-order valence-electron chi connectivity index (χ2n) is 7.26. The van der Waals surface area contributed by atoms with Crippen LogP contribution in [0.2, 0.25) is 0 Å². The highest BCUT2D eigenvalue weighted by molar-refractivity contribution is 5.94. The van der Waals surface area contributed by atoms with Crippen LogP contribution >= 0.6 is 0 Å². The molecule has 0 saturated carbocycles. The highest BCUT2D eigenvalue weighted by atomic mass is 19.1. The van der Waals surface area contributed by atoms with Gasteiger partial charge in [0, 0.05) is 31.0 Å². The van der Waals surface area contributed by atoms with Crippen LogP contribution in [-0.4, -0.2) is 40.5 Å². The number of halogens is 1. The van der Waals surface area contributed by atoms with Gasteiger partial charge in [0.2, 0.25) is 11.8 Å². The fourth-order valence-electron chi connectivity index (χ4n) is 3.44. The first kappa shape index (κ1) is 20.5. The van der Waals surface area contributed by atoms with Crippen LogP contribution in [0.3, 0.4) is 0 Å². The minimum atomic E-state index is -0.313. The van der Waals surface area contributed by atoms with E-state index in [9.17, 15) is 14.0 Å². The Bertz CT molecular complexity index is 1080. The monoisotopic (exact) mass is 424 g/mol. The molecule has 0 radical (unpaired) electrons. The first-order valence-corrected chi connectivity index (χ1v) is 9.79. The van der Waals surface area contributed by atoms with Gasteiger partial charge in [-0.25, -0.2) is 4.39 Å². The largest absolute Gasteiger partial charge is 0.497 e. The third-order valence-electron chi connectivity index (χ3n) is 5.08. The second kappa shape index (κ2) is 8.95. The predicted molar refractivity (Wildman–Crippen MR) is 108 cm³/mol. The number of carbonyl (C=O) groups excluding carboxylic acids is 2. The normalized spacial score (nSPS) is 15.9. The van der Waals surface area contributed by atoms with E-state index in [0.29, 0.717) is 30.2 Å². The second-order valence-corrected chi connectivity index (χ2v) is 7.26. The van der Waals surface area contributed by atoms with Gasteiger partial charge in [0.05, 0.1) is 13.7 Å². The number of carbonyl (C=O) groups is 2. The number of aromatic nitrogens is 2. The van der Waals surface area contributed by atoms with Crippen molar-refractivity contribution in [2.24, 2.45) is 0 Å². The van der Waals surface area contributed by atoms with Crippen LogP contribution < -0.4 is 10.1 Å². The molecule has 160 valence electrons. The van der Waals surface area contributed by atoms with E-state index in [0.717, 1.165) is 5.56 Å². The molecular weight excluding hydrogens is 403 g/mol. The zero-order valence-corrected chi connectivity index (χ0v) is 16.9. The molecule has 1 aliphatic heterocycles. The molecule has 1 atom stereocenters. The van der Waals surface area contributed by atoms with Gasteiger partial charge in [0.1, 0.15) is 11.6 Å². The smallest absolute Gasteiger partial charge is 0.251 e. The molecule has 9 heteroatoms. The van der Waals surface area contributed by atoms with Gasteiger partial charge in [-0.15, -0.1) is 0 Å². The Hall–Kier alpha value is -3.75. The molecule has 31 heavy (non-hydrogen) atoms. The standard InChI is InChI=1S/C22H21FN4O4/c1-30-18-4-2-3-15(9-18)22(29)24-11-19-25-21(26-31-19)16-10-20(28)27(13-16)12-14-5-7-17(23)8-6-14/h2-9,16H,10-13H2,1H3,(H,24,29)/t16-/m1/s1. The van der Waals surface area contributed by atoms with Crippen molar-refractivity contribution in [2.75, 3.05) is 13.7 Å². The van der Waals surface area contributed by atoms with Crippen LogP contribution in [0.4, 0.5) is 4.39 Å². The summed E-state index contributed by atoms with van der Waals surface area (Å²) in [5.41, 5.74) is 1.31. The summed E-state index contributed by atoms with van der Waals surface area (Å²) in [6.45, 7) is 0.922. The highest BCUT2D eigenvalue weighted by Crippen LogP contribution is 2.27. The Balaban J connectivity index is 1.33. The number of ether oxygens (including phenoxy) is 1. The van der Waals surface area contributed by atoms with Crippen molar-refractivity contribution in [3.8, 4) is 5.75 Å². The highest BCUT2D eigenvalue weighted by Gasteiger charge is 2.33. The molecule has 4 rings (SSSR count). The lowest BCUT2D eigenvalue weighted by Gasteiger charge is -2.16. The fraction of sp³-hybridized carbons (Fsp3) is 0.273. The summed E-state index contributed by atoms with van der Waals surface area (Å²) in [6, 6.07) is 12.9. The van der Waals surface area contributed by atoms with Crippen LogP contribution in [0, 0.1) is 5.82 Å². The van der Waals surface area contributed by atoms with Crippen molar-refractivity contribution < 1.29 is 23.2 Å². The maximum absolute atomic E-state index is 13.1. The molecule has 1 aliphatic rings. The summed E-state index contributed by atoms with van der Waals surface area (Å²) in [7, 11) is 1.53. The minimum absolute atomic E-state index is 0.0213. The van der Waals surface area contributed by atoms with Gasteiger partial charge >= 0.3 is 0 Å². The Labute approximate surface area is 178 Å². The molecule has 1 saturated heterocycles. The Morgan fingerprint density at radius 3 is 2.87 bits per heavy atom. The zero-order chi connectivity index (χ0) is 21.8. The molecule has 1 N–H and O–H groups in total. The van der Waals surface area contributed by atoms with E-state index in [1.165, 1.54) is 19.2 Å². The lowest BCUT2D eigenvalue weighted by molar-refractivity contribution is -0.128. The quantitative estimate of drug-likeness (QED) is 0.626. The van der Waals surface area contributed by atoms with E-state index in [2.05, 4.69) is 15.5 Å². The zero-order valence-electron chi connectivity index (χ0n) is 16.9. The third-order valence-corrected chi connectivity index (χ3v) is 5.08. The van der Waals surface area contributed by atoms with Crippen LogP contribution in [0.1, 0.15) is 40.0 Å². The predicted octanol–water partition coefficient (Wildman–Crippen LogP) is 2.66. The first-order chi connectivity index (χ1) is 15.0. The van der Waals surface area contributed by atoms with Crippen LogP contribution in [0.5, 0.6) is 5.75 Å². The van der Waals surface area contributed by atoms with Crippen molar-refractivity contribution in [3.05, 3.63) is 77.2 Å². The van der Waals surface area contributed by atoms with Gasteiger partial charge in [0.25, 0.3) is 5.91 Å². The Morgan fingerprint density at radius 1 is 1.29 bits per heavy atom. The summed E-state index contributed by atoms with van der Waals surface area (Å²) in [6.07, 6.45) is 0.274. The van der Waals surface area contributed by atoms with Crippen molar-refractivity contribution in [1.82, 2.24) is 20.4 Å². The topological polar surface area (TPSA) is 97.6 Å². The number of benzene rings is 2. The minimum Gasteiger partial charge on any atom is -0.497 e. The van der Waals surface area contributed by atoms with Gasteiger partial charge in [-0.05, 0) is 35.9 Å². The van der Waals surface area contributed by atoms with Crippen LogP contribution in [0.25, 0.3) is 0 Å². The molecule has 0 unspecified atom stereocenters. The molecule has 3 aromatic rings. The Morgan fingerprint density at radius 2 is 2.10 bits per heavy atom. The summed E-state index contributed by atoms with van der Waals surface area (Å²) in [5.74, 6) is 0.457. The van der Waals surface area contributed by atoms with Gasteiger partial charge < -0.3 is 19.5 Å². The number of methoxy groups -OCH3 is 1. The number of hydrogen-bond donors (Lipinski definition) is 1. The van der Waals surface area contributed by atoms with Gasteiger partial charge in [-0.1, -0.05) is 23.4 Å². The van der Waals surface area contributed by atoms with E-state index in [-0.39, 0.29) is 42.4 Å². The summed E-state index contributed by atoms with van der Waals surface area (Å²) >= 11 is 0. The van der Waals surface area contributed by atoms with Gasteiger partial charge in [0.15, 0.2) is 5.82 Å². The number of amides is 2. The molecule has 2 amide bonds. The first-order valence-electron chi connectivity index (χ1n) is 9.79. The van der Waals surface area contributed by atoms with Crippen LogP contribution in [0.15, 0.2) is 53.1 Å². The van der Waals surface area contributed by atoms with E-state index < -0.39 is 0 Å². The average Bonchev–Trinajstić information content (AvgIpc) is 3.40. The maximum atomic E-state index is 13.1. The van der Waals surface area contributed by atoms with Crippen molar-refractivity contribution in [2.45, 2.75) is 25.4 Å². The molecule has 2 aromatic carbocycles. The van der Waals surface area contributed by atoms with Crippen molar-refractivity contribution in [1.29, 1.82) is 0 Å². The van der Waals surface area contributed by atoms with E-state index >= 15 is 0 Å². The molecule has 1 fully saturated rings. The Kier molecular flexibility index (Phi) is 5.92. The third kappa shape index (κ3) is 4.88. The van der Waals surface area contributed by atoms with Gasteiger partial charge in [-0.3, -0.25) is 9.59 Å². The summed E-state index contributed by atoms with van der Waals surface area (Å²) in [4.78, 5) is 30.7. The number of likely N-dealkylation sites (tertiary alicyclic amines) is 1. The number of hydrogen-bond acceptors (Lipinski definition) is 6. The fourth-order valence-corrected chi connectivity index (χ4v) is 3.44. The lowest BCUT2D eigenvalue weighted by Crippen LogP contribution is -2.24. The number of nitrogens with zero attached hydrogens (tertiary/aromatic N) is 3. The van der Waals surface area contributed by atoms with E-state index in [1.54, 1.807) is 41.3 Å². The van der Waals surface area contributed by atoms with E-state index in [4.69, 9.17) is 9.26 Å². The number of nitrogens with one attached hydrogen (secondary N) is 1. The molecule has 8 nitrogen and oxygen atoms in total. The van der Waals surface area contributed by atoms with E-state index in [1.807, 2.05) is 0 Å². The average molecular weight is 424 g/mol. The maximum Gasteiger partial charge on any atom is 0.251 e. The van der Waals surface area contributed by atoms with Crippen LogP contribution in [-0.2, 0) is 17.9 Å². The summed E-state index contributed by atoms with van der Waals surface area (Å²) < 4.78 is 23.4. The number of rotatable bonds is 7.